The van der Waals surface area contributed by atoms with Gasteiger partial charge in [-0.2, -0.15) is 0 Å². The van der Waals surface area contributed by atoms with Crippen molar-refractivity contribution in [1.82, 2.24) is 9.21 Å². The number of rotatable bonds is 3. The number of hydrogen-bond acceptors (Lipinski definition) is 5. The van der Waals surface area contributed by atoms with Crippen molar-refractivity contribution in [1.29, 1.82) is 0 Å². The standard InChI is InChI=1S/C15H17N3O2S/c19-10-17-6-11-8-18(9-12(11)7-17)21-13-1-2-15-14(5-13)16-3-4-20-15/h1-2,5,10,16H,3-4,6-9H2. The summed E-state index contributed by atoms with van der Waals surface area (Å²) in [5.41, 5.74) is 3.90. The van der Waals surface area contributed by atoms with Gasteiger partial charge in [-0.25, -0.2) is 4.31 Å². The Bertz CT molecular complexity index is 599. The number of fused-ring (bicyclic) bond motifs is 1. The highest BCUT2D eigenvalue weighted by molar-refractivity contribution is 7.97. The molecule has 3 aliphatic rings. The molecule has 5 nitrogen and oxygen atoms in total. The van der Waals surface area contributed by atoms with E-state index >= 15 is 0 Å². The van der Waals surface area contributed by atoms with E-state index in [-0.39, 0.29) is 0 Å². The second-order valence-electron chi connectivity index (χ2n) is 5.54. The van der Waals surface area contributed by atoms with Crippen molar-refractivity contribution < 1.29 is 9.53 Å². The number of amides is 1. The summed E-state index contributed by atoms with van der Waals surface area (Å²) in [5, 5.41) is 3.37. The summed E-state index contributed by atoms with van der Waals surface area (Å²) >= 11 is 1.78. The van der Waals surface area contributed by atoms with Gasteiger partial charge in [-0.05, 0) is 41.3 Å². The van der Waals surface area contributed by atoms with Crippen LogP contribution in [-0.2, 0) is 4.79 Å². The third kappa shape index (κ3) is 2.49. The Labute approximate surface area is 128 Å². The summed E-state index contributed by atoms with van der Waals surface area (Å²) in [7, 11) is 0. The SMILES string of the molecule is O=CN1CC2=C(C1)CN(Sc1ccc3c(c1)NCCO3)C2. The molecule has 4 rings (SSSR count). The summed E-state index contributed by atoms with van der Waals surface area (Å²) in [6, 6.07) is 6.30. The van der Waals surface area contributed by atoms with Crippen molar-refractivity contribution in [3.05, 3.63) is 29.3 Å². The Morgan fingerprint density at radius 1 is 1.19 bits per heavy atom. The van der Waals surface area contributed by atoms with Gasteiger partial charge in [0.2, 0.25) is 6.41 Å². The van der Waals surface area contributed by atoms with Gasteiger partial charge in [-0.1, -0.05) is 0 Å². The van der Waals surface area contributed by atoms with Gasteiger partial charge >= 0.3 is 0 Å². The first-order chi connectivity index (χ1) is 10.3. The van der Waals surface area contributed by atoms with Crippen molar-refractivity contribution in [2.75, 3.05) is 44.6 Å². The Morgan fingerprint density at radius 3 is 2.76 bits per heavy atom. The summed E-state index contributed by atoms with van der Waals surface area (Å²) in [5.74, 6) is 0.939. The number of benzene rings is 1. The van der Waals surface area contributed by atoms with Crippen molar-refractivity contribution in [2.45, 2.75) is 4.90 Å². The van der Waals surface area contributed by atoms with Crippen LogP contribution in [0.3, 0.4) is 0 Å². The van der Waals surface area contributed by atoms with Crippen molar-refractivity contribution in [3.63, 3.8) is 0 Å². The molecule has 1 amide bonds. The number of hydrogen-bond donors (Lipinski definition) is 1. The molecule has 1 aromatic rings. The Morgan fingerprint density at radius 2 is 2.00 bits per heavy atom. The van der Waals surface area contributed by atoms with Gasteiger partial charge in [-0.15, -0.1) is 0 Å². The quantitative estimate of drug-likeness (QED) is 0.522. The van der Waals surface area contributed by atoms with Crippen LogP contribution in [0, 0.1) is 0 Å². The molecule has 1 N–H and O–H groups in total. The molecule has 0 saturated carbocycles. The molecule has 0 atom stereocenters. The van der Waals surface area contributed by atoms with Crippen molar-refractivity contribution in [3.8, 4) is 5.75 Å². The zero-order valence-electron chi connectivity index (χ0n) is 11.7. The van der Waals surface area contributed by atoms with Crippen molar-refractivity contribution >= 4 is 24.0 Å². The second kappa shape index (κ2) is 5.27. The summed E-state index contributed by atoms with van der Waals surface area (Å²) in [6.07, 6.45) is 0.949. The minimum Gasteiger partial charge on any atom is -0.490 e. The van der Waals surface area contributed by atoms with E-state index < -0.39 is 0 Å². The maximum atomic E-state index is 10.8. The van der Waals surface area contributed by atoms with Crippen LogP contribution in [0.5, 0.6) is 5.75 Å². The number of carbonyl (C=O) groups excluding carboxylic acids is 1. The molecule has 0 saturated heterocycles. The fourth-order valence-corrected chi connectivity index (χ4v) is 4.08. The van der Waals surface area contributed by atoms with E-state index in [1.165, 1.54) is 16.0 Å². The molecule has 0 unspecified atom stereocenters. The molecule has 1 aromatic carbocycles. The topological polar surface area (TPSA) is 44.8 Å². The Hall–Kier alpha value is -1.66. The third-order valence-corrected chi connectivity index (χ3v) is 5.01. The molecule has 6 heteroatoms. The first-order valence-corrected chi connectivity index (χ1v) is 7.92. The maximum Gasteiger partial charge on any atom is 0.210 e. The second-order valence-corrected chi connectivity index (χ2v) is 6.71. The van der Waals surface area contributed by atoms with Crippen LogP contribution in [0.2, 0.25) is 0 Å². The van der Waals surface area contributed by atoms with Crippen LogP contribution in [0.4, 0.5) is 5.69 Å². The van der Waals surface area contributed by atoms with Gasteiger partial charge in [0.05, 0.1) is 5.69 Å². The smallest absolute Gasteiger partial charge is 0.210 e. The predicted molar refractivity (Wildman–Crippen MR) is 82.5 cm³/mol. The fourth-order valence-electron chi connectivity index (χ4n) is 3.04. The minimum atomic E-state index is 0.732. The van der Waals surface area contributed by atoms with E-state index in [0.717, 1.165) is 57.2 Å². The molecule has 0 radical (unpaired) electrons. The molecule has 110 valence electrons. The highest BCUT2D eigenvalue weighted by atomic mass is 32.2. The van der Waals surface area contributed by atoms with E-state index in [1.54, 1.807) is 11.9 Å². The van der Waals surface area contributed by atoms with Crippen LogP contribution < -0.4 is 10.1 Å². The van der Waals surface area contributed by atoms with E-state index in [1.807, 2.05) is 11.0 Å². The number of nitrogens with one attached hydrogen (secondary N) is 1. The number of ether oxygens (including phenoxy) is 1. The first-order valence-electron chi connectivity index (χ1n) is 7.14. The Kier molecular flexibility index (Phi) is 3.27. The van der Waals surface area contributed by atoms with Crippen LogP contribution in [-0.4, -0.2) is 54.9 Å². The molecular weight excluding hydrogens is 286 g/mol. The molecule has 0 aliphatic carbocycles. The largest absolute Gasteiger partial charge is 0.490 e. The summed E-state index contributed by atoms with van der Waals surface area (Å²) < 4.78 is 7.96. The third-order valence-electron chi connectivity index (χ3n) is 4.03. The average molecular weight is 303 g/mol. The molecule has 3 aliphatic heterocycles. The lowest BCUT2D eigenvalue weighted by Crippen LogP contribution is -2.25. The Balaban J connectivity index is 1.41. The van der Waals surface area contributed by atoms with Crippen molar-refractivity contribution in [2.24, 2.45) is 0 Å². The fraction of sp³-hybridized carbons (Fsp3) is 0.400. The van der Waals surface area contributed by atoms with Gasteiger partial charge in [-0.3, -0.25) is 4.79 Å². The van der Waals surface area contributed by atoms with Gasteiger partial charge in [0.25, 0.3) is 0 Å². The molecule has 0 fully saturated rings. The lowest BCUT2D eigenvalue weighted by Gasteiger charge is -2.22. The van der Waals surface area contributed by atoms with Crippen LogP contribution in [0.25, 0.3) is 0 Å². The highest BCUT2D eigenvalue weighted by Gasteiger charge is 2.29. The van der Waals surface area contributed by atoms with Gasteiger partial charge in [0.15, 0.2) is 0 Å². The van der Waals surface area contributed by atoms with E-state index in [9.17, 15) is 4.79 Å². The first kappa shape index (κ1) is 13.0. The van der Waals surface area contributed by atoms with E-state index in [2.05, 4.69) is 21.8 Å². The molecular formula is C15H17N3O2S. The predicted octanol–water partition coefficient (Wildman–Crippen LogP) is 1.58. The number of carbonyl (C=O) groups is 1. The molecule has 0 aromatic heterocycles. The average Bonchev–Trinajstić information content (AvgIpc) is 3.05. The monoisotopic (exact) mass is 303 g/mol. The number of anilines is 1. The van der Waals surface area contributed by atoms with Gasteiger partial charge in [0.1, 0.15) is 12.4 Å². The van der Waals surface area contributed by atoms with Gasteiger partial charge < -0.3 is 15.0 Å². The van der Waals surface area contributed by atoms with Crippen LogP contribution in [0.1, 0.15) is 0 Å². The zero-order valence-corrected chi connectivity index (χ0v) is 12.5. The maximum absolute atomic E-state index is 10.8. The van der Waals surface area contributed by atoms with Crippen LogP contribution in [0.15, 0.2) is 34.2 Å². The molecule has 3 heterocycles. The van der Waals surface area contributed by atoms with Gasteiger partial charge in [0, 0.05) is 37.6 Å². The molecule has 0 spiro atoms. The highest BCUT2D eigenvalue weighted by Crippen LogP contribution is 2.36. The normalized spacial score (nSPS) is 20.9. The zero-order chi connectivity index (χ0) is 14.2. The molecule has 0 bridgehead atoms. The summed E-state index contributed by atoms with van der Waals surface area (Å²) in [6.45, 7) is 5.10. The lowest BCUT2D eigenvalue weighted by molar-refractivity contribution is -0.117. The van der Waals surface area contributed by atoms with E-state index in [4.69, 9.17) is 4.74 Å². The lowest BCUT2D eigenvalue weighted by atomic mass is 10.2. The minimum absolute atomic E-state index is 0.732. The number of nitrogens with zero attached hydrogens (tertiary/aromatic N) is 2. The summed E-state index contributed by atoms with van der Waals surface area (Å²) in [4.78, 5) is 13.9. The van der Waals surface area contributed by atoms with Crippen LogP contribution >= 0.6 is 11.9 Å². The molecule has 21 heavy (non-hydrogen) atoms. The van der Waals surface area contributed by atoms with E-state index in [0.29, 0.717) is 0 Å².